The van der Waals surface area contributed by atoms with Gasteiger partial charge in [0.05, 0.1) is 6.10 Å². The Balaban J connectivity index is 1.91. The Labute approximate surface area is 97.1 Å². The van der Waals surface area contributed by atoms with Crippen LogP contribution in [0.4, 0.5) is 5.69 Å². The van der Waals surface area contributed by atoms with Crippen LogP contribution in [0.15, 0.2) is 24.5 Å². The number of aliphatic hydroxyl groups is 1. The Hall–Kier alpha value is -1.09. The van der Waals surface area contributed by atoms with Crippen LogP contribution in [-0.2, 0) is 0 Å². The Kier molecular flexibility index (Phi) is 3.78. The summed E-state index contributed by atoms with van der Waals surface area (Å²) in [6.45, 7) is 4.15. The number of aliphatic hydroxyl groups excluding tert-OH is 1. The minimum atomic E-state index is -0.111. The summed E-state index contributed by atoms with van der Waals surface area (Å²) < 4.78 is 0. The van der Waals surface area contributed by atoms with Crippen LogP contribution in [-0.4, -0.2) is 29.3 Å². The molecule has 16 heavy (non-hydrogen) atoms. The molecule has 0 aliphatic carbocycles. The molecule has 1 aromatic heterocycles. The molecule has 0 aromatic carbocycles. The largest absolute Gasteiger partial charge is 0.393 e. The third-order valence-corrected chi connectivity index (χ3v) is 3.53. The average molecular weight is 220 g/mol. The number of piperidine rings is 1. The monoisotopic (exact) mass is 220 g/mol. The lowest BCUT2D eigenvalue weighted by Gasteiger charge is -2.35. The van der Waals surface area contributed by atoms with Crippen molar-refractivity contribution in [2.24, 2.45) is 5.92 Å². The highest BCUT2D eigenvalue weighted by molar-refractivity contribution is 5.44. The Morgan fingerprint density at radius 3 is 2.56 bits per heavy atom. The normalized spacial score (nSPS) is 19.8. The lowest BCUT2D eigenvalue weighted by atomic mass is 9.90. The summed E-state index contributed by atoms with van der Waals surface area (Å²) >= 11 is 0. The van der Waals surface area contributed by atoms with Gasteiger partial charge in [0.2, 0.25) is 0 Å². The molecule has 3 nitrogen and oxygen atoms in total. The average Bonchev–Trinajstić information content (AvgIpc) is 2.39. The molecular weight excluding hydrogens is 200 g/mol. The second-order valence-corrected chi connectivity index (χ2v) is 4.51. The zero-order chi connectivity index (χ0) is 11.4. The lowest BCUT2D eigenvalue weighted by Crippen LogP contribution is -2.37. The fraction of sp³-hybridized carbons (Fsp3) is 0.615. The Morgan fingerprint density at radius 2 is 2.00 bits per heavy atom. The maximum absolute atomic E-state index is 9.81. The van der Waals surface area contributed by atoms with Crippen molar-refractivity contribution in [3.63, 3.8) is 0 Å². The predicted molar refractivity (Wildman–Crippen MR) is 65.5 cm³/mol. The second kappa shape index (κ2) is 5.30. The van der Waals surface area contributed by atoms with Gasteiger partial charge in [-0.05, 0) is 37.3 Å². The zero-order valence-corrected chi connectivity index (χ0v) is 9.84. The van der Waals surface area contributed by atoms with E-state index in [2.05, 4.69) is 28.9 Å². The third kappa shape index (κ3) is 2.53. The quantitative estimate of drug-likeness (QED) is 0.847. The molecule has 1 aliphatic heterocycles. The first-order chi connectivity index (χ1) is 7.81. The molecule has 2 heterocycles. The van der Waals surface area contributed by atoms with Gasteiger partial charge in [-0.2, -0.15) is 0 Å². The van der Waals surface area contributed by atoms with Crippen molar-refractivity contribution >= 4 is 5.69 Å². The Morgan fingerprint density at radius 1 is 1.38 bits per heavy atom. The molecule has 0 amide bonds. The van der Waals surface area contributed by atoms with E-state index in [-0.39, 0.29) is 6.10 Å². The maximum atomic E-state index is 9.81. The summed E-state index contributed by atoms with van der Waals surface area (Å²) in [6.07, 6.45) is 6.62. The van der Waals surface area contributed by atoms with Gasteiger partial charge in [-0.3, -0.25) is 4.98 Å². The molecule has 0 saturated carbocycles. The summed E-state index contributed by atoms with van der Waals surface area (Å²) in [6, 6.07) is 4.10. The van der Waals surface area contributed by atoms with Crippen LogP contribution in [0.1, 0.15) is 26.2 Å². The van der Waals surface area contributed by atoms with E-state index < -0.39 is 0 Å². The van der Waals surface area contributed by atoms with E-state index >= 15 is 0 Å². The molecule has 0 bridgehead atoms. The molecule has 0 spiro atoms. The van der Waals surface area contributed by atoms with Crippen molar-refractivity contribution in [1.82, 2.24) is 4.98 Å². The van der Waals surface area contributed by atoms with Crippen LogP contribution in [0.25, 0.3) is 0 Å². The number of nitrogens with zero attached hydrogens (tertiary/aromatic N) is 2. The lowest BCUT2D eigenvalue weighted by molar-refractivity contribution is 0.0893. The Bertz CT molecular complexity index is 307. The number of hydrogen-bond donors (Lipinski definition) is 1. The number of aromatic nitrogens is 1. The highest BCUT2D eigenvalue weighted by atomic mass is 16.3. The van der Waals surface area contributed by atoms with Gasteiger partial charge >= 0.3 is 0 Å². The fourth-order valence-electron chi connectivity index (χ4n) is 2.43. The van der Waals surface area contributed by atoms with Gasteiger partial charge in [0, 0.05) is 31.2 Å². The van der Waals surface area contributed by atoms with E-state index in [1.807, 2.05) is 12.4 Å². The van der Waals surface area contributed by atoms with E-state index in [0.717, 1.165) is 32.4 Å². The van der Waals surface area contributed by atoms with Crippen LogP contribution < -0.4 is 4.90 Å². The summed E-state index contributed by atoms with van der Waals surface area (Å²) in [5.41, 5.74) is 1.25. The minimum absolute atomic E-state index is 0.111. The number of hydrogen-bond acceptors (Lipinski definition) is 3. The number of anilines is 1. The highest BCUT2D eigenvalue weighted by Gasteiger charge is 2.23. The van der Waals surface area contributed by atoms with Crippen molar-refractivity contribution in [3.8, 4) is 0 Å². The van der Waals surface area contributed by atoms with Crippen LogP contribution in [0.2, 0.25) is 0 Å². The molecular formula is C13H20N2O. The first-order valence-electron chi connectivity index (χ1n) is 6.14. The van der Waals surface area contributed by atoms with Crippen molar-refractivity contribution in [2.45, 2.75) is 32.3 Å². The van der Waals surface area contributed by atoms with E-state index in [1.165, 1.54) is 5.69 Å². The zero-order valence-electron chi connectivity index (χ0n) is 9.84. The van der Waals surface area contributed by atoms with Crippen LogP contribution in [0.5, 0.6) is 0 Å². The van der Waals surface area contributed by atoms with E-state index in [0.29, 0.717) is 5.92 Å². The van der Waals surface area contributed by atoms with Gasteiger partial charge < -0.3 is 10.0 Å². The van der Waals surface area contributed by atoms with Gasteiger partial charge in [-0.25, -0.2) is 0 Å². The molecule has 1 aromatic rings. The van der Waals surface area contributed by atoms with Gasteiger partial charge in [0.25, 0.3) is 0 Å². The van der Waals surface area contributed by atoms with Crippen molar-refractivity contribution in [1.29, 1.82) is 0 Å². The third-order valence-electron chi connectivity index (χ3n) is 3.53. The van der Waals surface area contributed by atoms with E-state index in [9.17, 15) is 5.11 Å². The first kappa shape index (κ1) is 11.4. The maximum Gasteiger partial charge on any atom is 0.0567 e. The molecule has 1 aliphatic rings. The summed E-state index contributed by atoms with van der Waals surface area (Å²) in [5, 5.41) is 9.81. The van der Waals surface area contributed by atoms with Gasteiger partial charge in [-0.1, -0.05) is 6.92 Å². The first-order valence-corrected chi connectivity index (χ1v) is 6.14. The van der Waals surface area contributed by atoms with Crippen molar-refractivity contribution in [3.05, 3.63) is 24.5 Å². The number of pyridine rings is 1. The van der Waals surface area contributed by atoms with Gasteiger partial charge in [-0.15, -0.1) is 0 Å². The van der Waals surface area contributed by atoms with Gasteiger partial charge in [0.15, 0.2) is 0 Å². The smallest absolute Gasteiger partial charge is 0.0567 e. The molecule has 1 unspecified atom stereocenters. The molecule has 1 fully saturated rings. The molecule has 3 heteroatoms. The van der Waals surface area contributed by atoms with Gasteiger partial charge in [0.1, 0.15) is 0 Å². The highest BCUT2D eigenvalue weighted by Crippen LogP contribution is 2.25. The SMILES string of the molecule is CCC(O)C1CCN(c2ccncc2)CC1. The second-order valence-electron chi connectivity index (χ2n) is 4.51. The minimum Gasteiger partial charge on any atom is -0.393 e. The standard InChI is InChI=1S/C13H20N2O/c1-2-13(16)11-5-9-15(10-6-11)12-3-7-14-8-4-12/h3-4,7-8,11,13,16H,2,5-6,9-10H2,1H3. The fourth-order valence-corrected chi connectivity index (χ4v) is 2.43. The summed E-state index contributed by atoms with van der Waals surface area (Å²) in [4.78, 5) is 6.41. The van der Waals surface area contributed by atoms with Crippen LogP contribution in [0.3, 0.4) is 0 Å². The topological polar surface area (TPSA) is 36.4 Å². The van der Waals surface area contributed by atoms with E-state index in [4.69, 9.17) is 0 Å². The summed E-state index contributed by atoms with van der Waals surface area (Å²) in [5.74, 6) is 0.489. The molecule has 2 rings (SSSR count). The molecule has 0 radical (unpaired) electrons. The molecule has 1 atom stereocenters. The van der Waals surface area contributed by atoms with Crippen LogP contribution in [0, 0.1) is 5.92 Å². The molecule has 1 saturated heterocycles. The number of rotatable bonds is 3. The predicted octanol–water partition coefficient (Wildman–Crippen LogP) is 2.07. The summed E-state index contributed by atoms with van der Waals surface area (Å²) in [7, 11) is 0. The molecule has 88 valence electrons. The van der Waals surface area contributed by atoms with E-state index in [1.54, 1.807) is 0 Å². The van der Waals surface area contributed by atoms with Crippen molar-refractivity contribution in [2.75, 3.05) is 18.0 Å². The van der Waals surface area contributed by atoms with Crippen molar-refractivity contribution < 1.29 is 5.11 Å². The molecule has 1 N–H and O–H groups in total. The van der Waals surface area contributed by atoms with Crippen LogP contribution >= 0.6 is 0 Å².